The molecule has 6 nitrogen and oxygen atoms in total. The number of nitrogens with two attached hydrogens (primary N) is 2. The van der Waals surface area contributed by atoms with Crippen LogP contribution in [-0.2, 0) is 9.59 Å². The minimum absolute atomic E-state index is 0.235. The van der Waals surface area contributed by atoms with Crippen LogP contribution in [0.3, 0.4) is 0 Å². The number of benzene rings is 4. The summed E-state index contributed by atoms with van der Waals surface area (Å²) in [5.74, 6) is -0.721. The third kappa shape index (κ3) is 5.53. The molecule has 174 valence electrons. The maximum absolute atomic E-state index is 13.6. The van der Waals surface area contributed by atoms with Crippen LogP contribution in [0.25, 0.3) is 21.5 Å². The SMILES string of the molecule is NC(CSSCC(N)C(=O)N(c1ccc2ccccc2c1)c1ccc2ccccc2c1)C(=O)O. The van der Waals surface area contributed by atoms with E-state index >= 15 is 0 Å². The van der Waals surface area contributed by atoms with Crippen LogP contribution in [0.15, 0.2) is 84.9 Å². The Morgan fingerprint density at radius 2 is 1.15 bits per heavy atom. The van der Waals surface area contributed by atoms with Gasteiger partial charge in [-0.1, -0.05) is 82.3 Å². The smallest absolute Gasteiger partial charge is 0.321 e. The average Bonchev–Trinajstić information content (AvgIpc) is 2.86. The van der Waals surface area contributed by atoms with Crippen molar-refractivity contribution < 1.29 is 14.7 Å². The molecular weight excluding hydrogens is 466 g/mol. The molecule has 4 rings (SSSR count). The summed E-state index contributed by atoms with van der Waals surface area (Å²) in [4.78, 5) is 26.2. The van der Waals surface area contributed by atoms with E-state index in [1.807, 2.05) is 84.9 Å². The molecule has 5 N–H and O–H groups in total. The minimum Gasteiger partial charge on any atom is -0.480 e. The molecule has 2 atom stereocenters. The molecule has 0 aliphatic heterocycles. The molecule has 0 radical (unpaired) electrons. The summed E-state index contributed by atoms with van der Waals surface area (Å²) in [6, 6.07) is 26.1. The Kier molecular flexibility index (Phi) is 7.74. The van der Waals surface area contributed by atoms with Gasteiger partial charge in [0.2, 0.25) is 5.91 Å². The Morgan fingerprint density at radius 1 is 0.706 bits per heavy atom. The first kappa shape index (κ1) is 24.1. The molecule has 4 aromatic carbocycles. The lowest BCUT2D eigenvalue weighted by Gasteiger charge is -2.26. The van der Waals surface area contributed by atoms with E-state index in [0.717, 1.165) is 32.9 Å². The Morgan fingerprint density at radius 3 is 1.62 bits per heavy atom. The highest BCUT2D eigenvalue weighted by atomic mass is 33.1. The zero-order chi connectivity index (χ0) is 24.1. The molecule has 0 fully saturated rings. The molecule has 2 unspecified atom stereocenters. The largest absolute Gasteiger partial charge is 0.480 e. The molecule has 0 saturated carbocycles. The van der Waals surface area contributed by atoms with Gasteiger partial charge in [0, 0.05) is 22.9 Å². The maximum atomic E-state index is 13.6. The zero-order valence-electron chi connectivity index (χ0n) is 18.3. The second-order valence-electron chi connectivity index (χ2n) is 7.86. The van der Waals surface area contributed by atoms with Crippen molar-refractivity contribution in [1.82, 2.24) is 0 Å². The second kappa shape index (κ2) is 10.9. The van der Waals surface area contributed by atoms with Gasteiger partial charge >= 0.3 is 5.97 Å². The Balaban J connectivity index is 1.62. The fraction of sp³-hybridized carbons (Fsp3) is 0.154. The lowest BCUT2D eigenvalue weighted by molar-refractivity contribution is -0.137. The molecule has 0 saturated heterocycles. The fourth-order valence-corrected chi connectivity index (χ4v) is 5.81. The molecule has 8 heteroatoms. The number of aliphatic carboxylic acids is 1. The number of fused-ring (bicyclic) bond motifs is 2. The normalized spacial score (nSPS) is 13.0. The summed E-state index contributed by atoms with van der Waals surface area (Å²) in [6.45, 7) is 0. The van der Waals surface area contributed by atoms with E-state index in [-0.39, 0.29) is 11.7 Å². The van der Waals surface area contributed by atoms with E-state index in [9.17, 15) is 9.59 Å². The second-order valence-corrected chi connectivity index (χ2v) is 10.4. The van der Waals surface area contributed by atoms with E-state index in [4.69, 9.17) is 16.6 Å². The molecular formula is C26H25N3O3S2. The van der Waals surface area contributed by atoms with Crippen molar-refractivity contribution >= 4 is 66.4 Å². The van der Waals surface area contributed by atoms with Gasteiger partial charge in [0.05, 0.1) is 6.04 Å². The molecule has 0 heterocycles. The first-order valence-electron chi connectivity index (χ1n) is 10.7. The Bertz CT molecular complexity index is 1250. The molecule has 0 bridgehead atoms. The summed E-state index contributed by atoms with van der Waals surface area (Å²) in [7, 11) is 2.65. The van der Waals surface area contributed by atoms with Crippen molar-refractivity contribution in [3.63, 3.8) is 0 Å². The number of hydrogen-bond acceptors (Lipinski definition) is 6. The van der Waals surface area contributed by atoms with Crippen molar-refractivity contribution in [3.8, 4) is 0 Å². The van der Waals surface area contributed by atoms with E-state index in [1.165, 1.54) is 21.6 Å². The highest BCUT2D eigenvalue weighted by Gasteiger charge is 2.25. The van der Waals surface area contributed by atoms with E-state index in [0.29, 0.717) is 5.75 Å². The Hall–Kier alpha value is -3.04. The highest BCUT2D eigenvalue weighted by molar-refractivity contribution is 8.76. The van der Waals surface area contributed by atoms with Gasteiger partial charge in [-0.3, -0.25) is 14.5 Å². The first-order chi connectivity index (χ1) is 16.4. The van der Waals surface area contributed by atoms with Crippen LogP contribution < -0.4 is 16.4 Å². The standard InChI is InChI=1S/C26H25N3O3S2/c27-23(15-33-34-16-24(28)26(31)32)25(30)29(21-11-9-17-5-1-3-7-19(17)13-21)22-12-10-18-6-2-4-8-20(18)14-22/h1-14,23-24H,15-16,27-28H2,(H,31,32). The number of anilines is 2. The van der Waals surface area contributed by atoms with Crippen LogP contribution in [0, 0.1) is 0 Å². The molecule has 1 amide bonds. The van der Waals surface area contributed by atoms with E-state index < -0.39 is 18.1 Å². The molecule has 0 aliphatic rings. The third-order valence-electron chi connectivity index (χ3n) is 5.42. The Labute approximate surface area is 205 Å². The van der Waals surface area contributed by atoms with Gasteiger partial charge in [0.15, 0.2) is 0 Å². The third-order valence-corrected chi connectivity index (χ3v) is 7.89. The van der Waals surface area contributed by atoms with Gasteiger partial charge < -0.3 is 16.6 Å². The number of carboxylic acid groups (broad SMARTS) is 1. The predicted octanol–water partition coefficient (Wildman–Crippen LogP) is 4.78. The summed E-state index contributed by atoms with van der Waals surface area (Å²) in [5, 5.41) is 13.1. The predicted molar refractivity (Wildman–Crippen MR) is 144 cm³/mol. The number of nitrogens with zero attached hydrogens (tertiary/aromatic N) is 1. The highest BCUT2D eigenvalue weighted by Crippen LogP contribution is 2.32. The van der Waals surface area contributed by atoms with Gasteiger partial charge in [-0.05, 0) is 45.8 Å². The number of carbonyl (C=O) groups excluding carboxylic acids is 1. The van der Waals surface area contributed by atoms with Crippen molar-refractivity contribution in [2.24, 2.45) is 11.5 Å². The monoisotopic (exact) mass is 491 g/mol. The summed E-state index contributed by atoms with van der Waals surface area (Å²) < 4.78 is 0. The van der Waals surface area contributed by atoms with E-state index in [2.05, 4.69) is 0 Å². The lowest BCUT2D eigenvalue weighted by atomic mass is 10.1. The van der Waals surface area contributed by atoms with Crippen molar-refractivity contribution in [3.05, 3.63) is 84.9 Å². The number of hydrogen-bond donors (Lipinski definition) is 3. The van der Waals surface area contributed by atoms with Gasteiger partial charge in [0.1, 0.15) is 6.04 Å². The van der Waals surface area contributed by atoms with Crippen LogP contribution in [-0.4, -0.2) is 40.6 Å². The van der Waals surface area contributed by atoms with Crippen LogP contribution >= 0.6 is 21.6 Å². The van der Waals surface area contributed by atoms with Gasteiger partial charge in [-0.25, -0.2) is 0 Å². The summed E-state index contributed by atoms with van der Waals surface area (Å²) >= 11 is 0. The van der Waals surface area contributed by atoms with Crippen LogP contribution in [0.4, 0.5) is 11.4 Å². The molecule has 4 aromatic rings. The fourth-order valence-electron chi connectivity index (χ4n) is 3.59. The molecule has 0 aromatic heterocycles. The molecule has 0 aliphatic carbocycles. The summed E-state index contributed by atoms with van der Waals surface area (Å²) in [6.07, 6.45) is 0. The molecule has 0 spiro atoms. The van der Waals surface area contributed by atoms with Crippen molar-refractivity contribution in [2.75, 3.05) is 16.4 Å². The topological polar surface area (TPSA) is 110 Å². The molecule has 34 heavy (non-hydrogen) atoms. The minimum atomic E-state index is -1.05. The van der Waals surface area contributed by atoms with E-state index in [1.54, 1.807) is 4.90 Å². The zero-order valence-corrected chi connectivity index (χ0v) is 20.0. The van der Waals surface area contributed by atoms with Gasteiger partial charge in [-0.15, -0.1) is 0 Å². The number of carbonyl (C=O) groups is 2. The van der Waals surface area contributed by atoms with Crippen LogP contribution in [0.5, 0.6) is 0 Å². The summed E-state index contributed by atoms with van der Waals surface area (Å²) in [5.41, 5.74) is 13.3. The maximum Gasteiger partial charge on any atom is 0.321 e. The van der Waals surface area contributed by atoms with Gasteiger partial charge in [-0.2, -0.15) is 0 Å². The average molecular weight is 492 g/mol. The number of rotatable bonds is 9. The lowest BCUT2D eigenvalue weighted by Crippen LogP contribution is -2.43. The quantitative estimate of drug-likeness (QED) is 0.228. The van der Waals surface area contributed by atoms with Gasteiger partial charge in [0.25, 0.3) is 0 Å². The number of amides is 1. The first-order valence-corrected chi connectivity index (χ1v) is 13.2. The van der Waals surface area contributed by atoms with Crippen molar-refractivity contribution in [1.29, 1.82) is 0 Å². The van der Waals surface area contributed by atoms with Crippen LogP contribution in [0.1, 0.15) is 0 Å². The number of carboxylic acids is 1. The van der Waals surface area contributed by atoms with Crippen molar-refractivity contribution in [2.45, 2.75) is 12.1 Å². The van der Waals surface area contributed by atoms with Crippen LogP contribution in [0.2, 0.25) is 0 Å².